The van der Waals surface area contributed by atoms with Crippen molar-refractivity contribution in [2.24, 2.45) is 0 Å². The monoisotopic (exact) mass is 335 g/mol. The van der Waals surface area contributed by atoms with E-state index in [0.717, 1.165) is 21.7 Å². The fraction of sp³-hybridized carbons (Fsp3) is 0.100. The third kappa shape index (κ3) is 2.39. The molecule has 0 spiro atoms. The largest absolute Gasteiger partial charge is 0.495 e. The highest BCUT2D eigenvalue weighted by molar-refractivity contribution is 7.85. The van der Waals surface area contributed by atoms with Crippen LogP contribution in [-0.4, -0.2) is 16.3 Å². The summed E-state index contributed by atoms with van der Waals surface area (Å²) in [4.78, 5) is 3.99. The molecule has 1 heterocycles. The van der Waals surface area contributed by atoms with Crippen molar-refractivity contribution in [3.8, 4) is 5.75 Å². The van der Waals surface area contributed by atoms with E-state index >= 15 is 0 Å². The summed E-state index contributed by atoms with van der Waals surface area (Å²) in [5.41, 5.74) is 2.17. The highest BCUT2D eigenvalue weighted by Gasteiger charge is 2.18. The molecule has 0 amide bonds. The molecule has 3 nitrogen and oxygen atoms in total. The molecule has 0 aliphatic heterocycles. The zero-order valence-corrected chi connectivity index (χ0v) is 14.3. The number of hydrogen-bond acceptors (Lipinski definition) is 2. The number of benzene rings is 3. The van der Waals surface area contributed by atoms with Gasteiger partial charge in [0, 0.05) is 16.3 Å². The summed E-state index contributed by atoms with van der Waals surface area (Å²) in [7, 11) is 0.258. The van der Waals surface area contributed by atoms with E-state index in [4.69, 9.17) is 4.74 Å². The number of aryl methyl sites for hydroxylation is 1. The van der Waals surface area contributed by atoms with Gasteiger partial charge in [0.25, 0.3) is 0 Å². The second-order valence-electron chi connectivity index (χ2n) is 5.81. The molecular weight excluding hydrogens is 318 g/mol. The number of H-pyrrole nitrogens is 1. The second-order valence-corrected chi connectivity index (χ2v) is 7.20. The minimum atomic E-state index is -1.35. The van der Waals surface area contributed by atoms with Gasteiger partial charge in [-0.3, -0.25) is 0 Å². The lowest BCUT2D eigenvalue weighted by atomic mass is 10.1. The first kappa shape index (κ1) is 15.0. The topological polar surface area (TPSA) is 42.1 Å². The first-order chi connectivity index (χ1) is 11.7. The standard InChI is InChI=1S/C20H17NO2S/c1-13-7-9-17-15(11-13)12-19(21-17)24(22)20-16-6-4-3-5-14(16)8-10-18(20)23-2/h3-12,21H,1-2H3/t24-/m1/s1. The van der Waals surface area contributed by atoms with E-state index in [1.165, 1.54) is 5.56 Å². The Morgan fingerprint density at radius 3 is 2.62 bits per heavy atom. The summed E-state index contributed by atoms with van der Waals surface area (Å²) in [6.07, 6.45) is 0. The van der Waals surface area contributed by atoms with Crippen molar-refractivity contribution in [1.82, 2.24) is 4.98 Å². The fourth-order valence-electron chi connectivity index (χ4n) is 3.01. The maximum Gasteiger partial charge on any atom is 0.136 e. The van der Waals surface area contributed by atoms with Crippen LogP contribution in [0.15, 0.2) is 70.6 Å². The number of aromatic amines is 1. The molecule has 1 N–H and O–H groups in total. The van der Waals surface area contributed by atoms with E-state index in [9.17, 15) is 4.21 Å². The average Bonchev–Trinajstić information content (AvgIpc) is 3.03. The van der Waals surface area contributed by atoms with E-state index in [0.29, 0.717) is 15.7 Å². The molecule has 1 aromatic heterocycles. The minimum Gasteiger partial charge on any atom is -0.495 e. The zero-order chi connectivity index (χ0) is 16.7. The van der Waals surface area contributed by atoms with Crippen molar-refractivity contribution >= 4 is 32.5 Å². The number of nitrogens with one attached hydrogen (secondary N) is 1. The Kier molecular flexibility index (Phi) is 3.62. The maximum absolute atomic E-state index is 13.3. The molecule has 24 heavy (non-hydrogen) atoms. The molecule has 4 rings (SSSR count). The van der Waals surface area contributed by atoms with Gasteiger partial charge in [0.2, 0.25) is 0 Å². The number of hydrogen-bond donors (Lipinski definition) is 1. The van der Waals surface area contributed by atoms with Crippen LogP contribution >= 0.6 is 0 Å². The van der Waals surface area contributed by atoms with Crippen LogP contribution < -0.4 is 4.74 Å². The summed E-state index contributed by atoms with van der Waals surface area (Å²) < 4.78 is 18.8. The Morgan fingerprint density at radius 2 is 1.79 bits per heavy atom. The van der Waals surface area contributed by atoms with Crippen LogP contribution in [0.4, 0.5) is 0 Å². The Morgan fingerprint density at radius 1 is 0.958 bits per heavy atom. The normalized spacial score (nSPS) is 12.6. The summed E-state index contributed by atoms with van der Waals surface area (Å²) in [6.45, 7) is 2.05. The molecule has 1 atom stereocenters. The van der Waals surface area contributed by atoms with Crippen LogP contribution in [0.5, 0.6) is 5.75 Å². The Bertz CT molecular complexity index is 1080. The molecule has 0 bridgehead atoms. The van der Waals surface area contributed by atoms with E-state index in [-0.39, 0.29) is 0 Å². The first-order valence-electron chi connectivity index (χ1n) is 7.74. The van der Waals surface area contributed by atoms with Gasteiger partial charge in [0.1, 0.15) is 21.6 Å². The van der Waals surface area contributed by atoms with Gasteiger partial charge in [-0.2, -0.15) is 0 Å². The van der Waals surface area contributed by atoms with Gasteiger partial charge in [0.05, 0.1) is 12.0 Å². The van der Waals surface area contributed by atoms with Crippen molar-refractivity contribution in [3.05, 3.63) is 66.2 Å². The van der Waals surface area contributed by atoms with Gasteiger partial charge in [-0.05, 0) is 36.6 Å². The summed E-state index contributed by atoms with van der Waals surface area (Å²) in [6, 6.07) is 19.9. The fourth-order valence-corrected chi connectivity index (χ4v) is 4.39. The Labute approximate surface area is 142 Å². The quantitative estimate of drug-likeness (QED) is 0.584. The van der Waals surface area contributed by atoms with Crippen molar-refractivity contribution in [2.75, 3.05) is 7.11 Å². The number of fused-ring (bicyclic) bond motifs is 2. The van der Waals surface area contributed by atoms with Gasteiger partial charge >= 0.3 is 0 Å². The number of methoxy groups -OCH3 is 1. The van der Waals surface area contributed by atoms with Gasteiger partial charge in [-0.15, -0.1) is 0 Å². The number of aromatic nitrogens is 1. The predicted octanol–water partition coefficient (Wildman–Crippen LogP) is 4.80. The van der Waals surface area contributed by atoms with Crippen LogP contribution in [0.25, 0.3) is 21.7 Å². The lowest BCUT2D eigenvalue weighted by Gasteiger charge is -2.11. The van der Waals surface area contributed by atoms with E-state index in [2.05, 4.69) is 18.0 Å². The lowest BCUT2D eigenvalue weighted by molar-refractivity contribution is 0.405. The number of ether oxygens (including phenoxy) is 1. The zero-order valence-electron chi connectivity index (χ0n) is 13.5. The average molecular weight is 335 g/mol. The molecule has 0 aliphatic rings. The van der Waals surface area contributed by atoms with E-state index in [1.54, 1.807) is 7.11 Å². The van der Waals surface area contributed by atoms with Crippen molar-refractivity contribution in [3.63, 3.8) is 0 Å². The second kappa shape index (κ2) is 5.80. The summed E-state index contributed by atoms with van der Waals surface area (Å²) >= 11 is 0. The summed E-state index contributed by atoms with van der Waals surface area (Å²) in [5.74, 6) is 0.641. The smallest absolute Gasteiger partial charge is 0.136 e. The van der Waals surface area contributed by atoms with Gasteiger partial charge in [-0.1, -0.05) is 42.0 Å². The predicted molar refractivity (Wildman–Crippen MR) is 98.2 cm³/mol. The van der Waals surface area contributed by atoms with Gasteiger partial charge < -0.3 is 9.72 Å². The lowest BCUT2D eigenvalue weighted by Crippen LogP contribution is -1.98. The maximum atomic E-state index is 13.3. The highest BCUT2D eigenvalue weighted by atomic mass is 32.2. The molecule has 0 saturated heterocycles. The van der Waals surface area contributed by atoms with Crippen LogP contribution in [0.1, 0.15) is 5.56 Å². The van der Waals surface area contributed by atoms with E-state index in [1.807, 2.05) is 54.6 Å². The molecule has 0 radical (unpaired) electrons. The number of rotatable bonds is 3. The molecular formula is C20H17NO2S. The van der Waals surface area contributed by atoms with Crippen LogP contribution in [0, 0.1) is 6.92 Å². The molecule has 0 unspecified atom stereocenters. The van der Waals surface area contributed by atoms with Gasteiger partial charge in [0.15, 0.2) is 0 Å². The van der Waals surface area contributed by atoms with E-state index < -0.39 is 10.8 Å². The molecule has 4 aromatic rings. The minimum absolute atomic E-state index is 0.641. The SMILES string of the molecule is COc1ccc2ccccc2c1[S@](=O)c1cc2cc(C)ccc2[nH]1. The van der Waals surface area contributed by atoms with Crippen LogP contribution in [-0.2, 0) is 10.8 Å². The van der Waals surface area contributed by atoms with Gasteiger partial charge in [-0.25, -0.2) is 4.21 Å². The Balaban J connectivity index is 1.93. The Hall–Kier alpha value is -2.59. The molecule has 4 heteroatoms. The van der Waals surface area contributed by atoms with Crippen LogP contribution in [0.2, 0.25) is 0 Å². The van der Waals surface area contributed by atoms with Crippen molar-refractivity contribution in [2.45, 2.75) is 16.8 Å². The third-order valence-electron chi connectivity index (χ3n) is 4.20. The highest BCUT2D eigenvalue weighted by Crippen LogP contribution is 2.34. The molecule has 0 fully saturated rings. The first-order valence-corrected chi connectivity index (χ1v) is 8.89. The van der Waals surface area contributed by atoms with Crippen molar-refractivity contribution in [1.29, 1.82) is 0 Å². The molecule has 120 valence electrons. The van der Waals surface area contributed by atoms with Crippen LogP contribution in [0.3, 0.4) is 0 Å². The summed E-state index contributed by atoms with van der Waals surface area (Å²) in [5, 5.41) is 3.75. The third-order valence-corrected chi connectivity index (χ3v) is 5.61. The molecule has 3 aromatic carbocycles. The van der Waals surface area contributed by atoms with Crippen molar-refractivity contribution < 1.29 is 8.95 Å². The molecule has 0 aliphatic carbocycles. The molecule has 0 saturated carbocycles.